The van der Waals surface area contributed by atoms with Crippen molar-refractivity contribution in [3.63, 3.8) is 0 Å². The molecule has 0 aromatic heterocycles. The van der Waals surface area contributed by atoms with E-state index in [0.29, 0.717) is 0 Å². The fourth-order valence-electron chi connectivity index (χ4n) is 0.854. The number of benzene rings is 1. The van der Waals surface area contributed by atoms with Gasteiger partial charge in [0.05, 0.1) is 4.47 Å². The van der Waals surface area contributed by atoms with Crippen LogP contribution in [0.4, 0.5) is 30.7 Å². The molecule has 0 spiro atoms. The van der Waals surface area contributed by atoms with E-state index in [4.69, 9.17) is 0 Å². The second kappa shape index (κ2) is 3.66. The molecule has 0 saturated heterocycles. The van der Waals surface area contributed by atoms with Crippen molar-refractivity contribution in [2.75, 3.05) is 0 Å². The van der Waals surface area contributed by atoms with Gasteiger partial charge in [-0.25, -0.2) is 17.6 Å². The Bertz CT molecular complexity index is 380. The molecule has 0 aliphatic carbocycles. The van der Waals surface area contributed by atoms with Crippen LogP contribution >= 0.6 is 15.9 Å². The molecule has 15 heavy (non-hydrogen) atoms. The largest absolute Gasteiger partial charge is 0.422 e. The van der Waals surface area contributed by atoms with E-state index in [2.05, 4.69) is 15.9 Å². The zero-order valence-electron chi connectivity index (χ0n) is 6.52. The molecule has 1 aromatic carbocycles. The third-order valence-corrected chi connectivity index (χ3v) is 2.19. The highest BCUT2D eigenvalue weighted by Gasteiger charge is 2.41. The molecule has 0 atom stereocenters. The molecule has 0 nitrogen and oxygen atoms in total. The molecule has 0 amide bonds. The standard InChI is InChI=1S/C7BrF7/c8-2-5(11)3(9)1(7(13,14)15)4(10)6(2)12. The summed E-state index contributed by atoms with van der Waals surface area (Å²) in [6, 6.07) is 0. The minimum atomic E-state index is -5.50. The zero-order valence-corrected chi connectivity index (χ0v) is 8.11. The van der Waals surface area contributed by atoms with Crippen molar-refractivity contribution in [1.82, 2.24) is 0 Å². The number of hydrogen-bond donors (Lipinski definition) is 0. The highest BCUT2D eigenvalue weighted by Crippen LogP contribution is 2.38. The lowest BCUT2D eigenvalue weighted by Crippen LogP contribution is -2.15. The summed E-state index contributed by atoms with van der Waals surface area (Å²) in [6.07, 6.45) is -5.50. The van der Waals surface area contributed by atoms with Gasteiger partial charge in [-0.05, 0) is 15.9 Å². The third-order valence-electron chi connectivity index (χ3n) is 1.49. The molecule has 0 aliphatic heterocycles. The number of rotatable bonds is 0. The van der Waals surface area contributed by atoms with Crippen molar-refractivity contribution in [3.05, 3.63) is 33.3 Å². The van der Waals surface area contributed by atoms with Gasteiger partial charge in [-0.2, -0.15) is 13.2 Å². The number of hydrogen-bond acceptors (Lipinski definition) is 0. The van der Waals surface area contributed by atoms with Crippen LogP contribution in [0, 0.1) is 23.3 Å². The third kappa shape index (κ3) is 1.95. The van der Waals surface area contributed by atoms with Crippen LogP contribution in [0.5, 0.6) is 0 Å². The fraction of sp³-hybridized carbons (Fsp3) is 0.143. The molecule has 0 radical (unpaired) electrons. The average Bonchev–Trinajstić information content (AvgIpc) is 2.09. The summed E-state index contributed by atoms with van der Waals surface area (Å²) in [5.74, 6) is -9.20. The van der Waals surface area contributed by atoms with Crippen LogP contribution in [0.25, 0.3) is 0 Å². The van der Waals surface area contributed by atoms with Gasteiger partial charge in [0.25, 0.3) is 0 Å². The van der Waals surface area contributed by atoms with Gasteiger partial charge in [0.1, 0.15) is 5.56 Å². The molecular formula is C7BrF7. The van der Waals surface area contributed by atoms with Crippen molar-refractivity contribution in [1.29, 1.82) is 0 Å². The summed E-state index contributed by atoms with van der Waals surface area (Å²) in [4.78, 5) is 0. The minimum absolute atomic E-state index is 1.31. The first-order valence-corrected chi connectivity index (χ1v) is 4.05. The minimum Gasteiger partial charge on any atom is -0.203 e. The Morgan fingerprint density at radius 1 is 0.733 bits per heavy atom. The Balaban J connectivity index is 3.68. The summed E-state index contributed by atoms with van der Waals surface area (Å²) in [5.41, 5.74) is -2.58. The van der Waals surface area contributed by atoms with E-state index in [1.165, 1.54) is 0 Å². The maximum Gasteiger partial charge on any atom is 0.422 e. The Kier molecular flexibility index (Phi) is 2.99. The van der Waals surface area contributed by atoms with Gasteiger partial charge in [0.15, 0.2) is 23.3 Å². The molecule has 0 unspecified atom stereocenters. The molecule has 0 bridgehead atoms. The predicted octanol–water partition coefficient (Wildman–Crippen LogP) is 4.02. The lowest BCUT2D eigenvalue weighted by atomic mass is 10.1. The van der Waals surface area contributed by atoms with E-state index < -0.39 is 39.5 Å². The summed E-state index contributed by atoms with van der Waals surface area (Å²) in [6.45, 7) is 0. The van der Waals surface area contributed by atoms with Gasteiger partial charge in [0, 0.05) is 0 Å². The maximum absolute atomic E-state index is 12.7. The van der Waals surface area contributed by atoms with E-state index in [1.807, 2.05) is 0 Å². The molecule has 0 saturated carbocycles. The lowest BCUT2D eigenvalue weighted by Gasteiger charge is -2.11. The van der Waals surface area contributed by atoms with Crippen molar-refractivity contribution >= 4 is 15.9 Å². The Hall–Kier alpha value is -0.790. The van der Waals surface area contributed by atoms with Crippen LogP contribution in [0.1, 0.15) is 5.56 Å². The summed E-state index contributed by atoms with van der Waals surface area (Å²) >= 11 is 2.08. The van der Waals surface area contributed by atoms with Gasteiger partial charge in [0.2, 0.25) is 0 Å². The smallest absolute Gasteiger partial charge is 0.203 e. The van der Waals surface area contributed by atoms with Gasteiger partial charge in [-0.1, -0.05) is 0 Å². The highest BCUT2D eigenvalue weighted by molar-refractivity contribution is 9.10. The van der Waals surface area contributed by atoms with E-state index in [-0.39, 0.29) is 0 Å². The predicted molar refractivity (Wildman–Crippen MR) is 39.0 cm³/mol. The van der Waals surface area contributed by atoms with Crippen molar-refractivity contribution in [2.24, 2.45) is 0 Å². The first kappa shape index (κ1) is 12.3. The molecule has 0 N–H and O–H groups in total. The average molecular weight is 297 g/mol. The van der Waals surface area contributed by atoms with Gasteiger partial charge in [-0.3, -0.25) is 0 Å². The van der Waals surface area contributed by atoms with Gasteiger partial charge < -0.3 is 0 Å². The van der Waals surface area contributed by atoms with E-state index >= 15 is 0 Å². The van der Waals surface area contributed by atoms with Crippen molar-refractivity contribution in [3.8, 4) is 0 Å². The van der Waals surface area contributed by atoms with Gasteiger partial charge in [-0.15, -0.1) is 0 Å². The monoisotopic (exact) mass is 296 g/mol. The Labute approximate surface area is 86.8 Å². The summed E-state index contributed by atoms with van der Waals surface area (Å²) in [5, 5.41) is 0. The van der Waals surface area contributed by atoms with E-state index in [9.17, 15) is 30.7 Å². The summed E-state index contributed by atoms with van der Waals surface area (Å²) < 4.78 is 85.2. The Morgan fingerprint density at radius 3 is 1.33 bits per heavy atom. The molecule has 8 heteroatoms. The van der Waals surface area contributed by atoms with Crippen LogP contribution in [0.15, 0.2) is 4.47 Å². The fourth-order valence-corrected chi connectivity index (χ4v) is 1.20. The van der Waals surface area contributed by atoms with E-state index in [0.717, 1.165) is 0 Å². The topological polar surface area (TPSA) is 0 Å². The van der Waals surface area contributed by atoms with E-state index in [1.54, 1.807) is 0 Å². The normalized spacial score (nSPS) is 12.0. The van der Waals surface area contributed by atoms with Crippen LogP contribution in [-0.4, -0.2) is 0 Å². The van der Waals surface area contributed by atoms with Crippen LogP contribution in [0.3, 0.4) is 0 Å². The lowest BCUT2D eigenvalue weighted by molar-refractivity contribution is -0.143. The van der Waals surface area contributed by atoms with Crippen molar-refractivity contribution in [2.45, 2.75) is 6.18 Å². The molecule has 0 heterocycles. The second-order valence-electron chi connectivity index (χ2n) is 2.44. The number of halogens is 8. The molecule has 1 rings (SSSR count). The van der Waals surface area contributed by atoms with Crippen LogP contribution in [0.2, 0.25) is 0 Å². The molecule has 0 fully saturated rings. The quantitative estimate of drug-likeness (QED) is 0.385. The molecule has 1 aromatic rings. The SMILES string of the molecule is Fc1c(F)c(C(F)(F)F)c(F)c(F)c1Br. The summed E-state index contributed by atoms with van der Waals surface area (Å²) in [7, 11) is 0. The maximum atomic E-state index is 12.7. The van der Waals surface area contributed by atoms with Gasteiger partial charge >= 0.3 is 6.18 Å². The van der Waals surface area contributed by atoms with Crippen LogP contribution in [-0.2, 0) is 6.18 Å². The first-order valence-electron chi connectivity index (χ1n) is 3.26. The van der Waals surface area contributed by atoms with Crippen molar-refractivity contribution < 1.29 is 30.7 Å². The highest BCUT2D eigenvalue weighted by atomic mass is 79.9. The zero-order chi connectivity index (χ0) is 12.0. The molecule has 0 aliphatic rings. The first-order chi connectivity index (χ1) is 6.68. The second-order valence-corrected chi connectivity index (χ2v) is 3.24. The molecule has 84 valence electrons. The van der Waals surface area contributed by atoms with Crippen LogP contribution < -0.4 is 0 Å². The Morgan fingerprint density at radius 2 is 1.07 bits per heavy atom. The number of alkyl halides is 3. The molecular weight excluding hydrogens is 297 g/mol.